The van der Waals surface area contributed by atoms with Crippen molar-refractivity contribution in [2.45, 2.75) is 31.1 Å². The summed E-state index contributed by atoms with van der Waals surface area (Å²) in [5.41, 5.74) is 5.99. The molecule has 2 aromatic carbocycles. The molecule has 2 N–H and O–H groups in total. The Balaban J connectivity index is 1.45. The van der Waals surface area contributed by atoms with Crippen LogP contribution in [0.3, 0.4) is 0 Å². The molecule has 9 heteroatoms. The number of ether oxygens (including phenoxy) is 1. The van der Waals surface area contributed by atoms with Crippen LogP contribution in [0.4, 0.5) is 0 Å². The minimum Gasteiger partial charge on any atom is -0.493 e. The molecule has 1 aliphatic rings. The number of aryl methyl sites for hydroxylation is 1. The molecule has 0 aliphatic carbocycles. The molecule has 0 atom stereocenters. The molecule has 1 saturated heterocycles. The lowest BCUT2D eigenvalue weighted by Crippen LogP contribution is -2.42. The smallest absolute Gasteiger partial charge is 0.269 e. The van der Waals surface area contributed by atoms with Crippen LogP contribution in [0.25, 0.3) is 0 Å². The summed E-state index contributed by atoms with van der Waals surface area (Å²) in [6.45, 7) is 3.18. The van der Waals surface area contributed by atoms with Crippen LogP contribution < -0.4 is 15.6 Å². The SMILES string of the molecule is Cc1ccc(OCCC(=O)NNC(=O)c2ccc(S(=O)(=O)N3CCCC3)cc2)cc1. The first-order valence-corrected chi connectivity index (χ1v) is 11.2. The quantitative estimate of drug-likeness (QED) is 0.653. The van der Waals surface area contributed by atoms with Crippen molar-refractivity contribution in [1.82, 2.24) is 15.2 Å². The number of hydrogen-bond donors (Lipinski definition) is 2. The zero-order valence-electron chi connectivity index (χ0n) is 16.8. The summed E-state index contributed by atoms with van der Waals surface area (Å²) in [4.78, 5) is 24.2. The Kier molecular flexibility index (Phi) is 7.07. The van der Waals surface area contributed by atoms with E-state index in [1.807, 2.05) is 31.2 Å². The van der Waals surface area contributed by atoms with Gasteiger partial charge in [-0.3, -0.25) is 20.4 Å². The molecule has 0 aromatic heterocycles. The summed E-state index contributed by atoms with van der Waals surface area (Å²) in [6, 6.07) is 13.1. The van der Waals surface area contributed by atoms with Crippen molar-refractivity contribution in [3.05, 3.63) is 59.7 Å². The summed E-state index contributed by atoms with van der Waals surface area (Å²) < 4.78 is 31.9. The van der Waals surface area contributed by atoms with Crippen LogP contribution >= 0.6 is 0 Å². The van der Waals surface area contributed by atoms with Crippen molar-refractivity contribution in [2.75, 3.05) is 19.7 Å². The standard InChI is InChI=1S/C21H25N3O5S/c1-16-4-8-18(9-5-16)29-15-12-20(25)22-23-21(26)17-6-10-19(11-7-17)30(27,28)24-13-2-3-14-24/h4-11H,2-3,12-15H2,1H3,(H,22,25)(H,23,26). The van der Waals surface area contributed by atoms with Crippen molar-refractivity contribution < 1.29 is 22.7 Å². The molecule has 30 heavy (non-hydrogen) atoms. The second-order valence-corrected chi connectivity index (χ2v) is 8.99. The Morgan fingerprint density at radius 1 is 0.967 bits per heavy atom. The number of hydrogen-bond acceptors (Lipinski definition) is 5. The molecule has 3 rings (SSSR count). The summed E-state index contributed by atoms with van der Waals surface area (Å²) in [5, 5.41) is 0. The van der Waals surface area contributed by atoms with E-state index in [2.05, 4.69) is 10.9 Å². The third-order valence-electron chi connectivity index (χ3n) is 4.75. The summed E-state index contributed by atoms with van der Waals surface area (Å²) in [6.07, 6.45) is 1.78. The first-order chi connectivity index (χ1) is 14.4. The Hall–Kier alpha value is -2.91. The van der Waals surface area contributed by atoms with Gasteiger partial charge in [0.25, 0.3) is 5.91 Å². The van der Waals surface area contributed by atoms with E-state index in [0.717, 1.165) is 18.4 Å². The Morgan fingerprint density at radius 3 is 2.23 bits per heavy atom. The number of nitrogens with zero attached hydrogens (tertiary/aromatic N) is 1. The van der Waals surface area contributed by atoms with E-state index in [4.69, 9.17) is 4.74 Å². The Labute approximate surface area is 176 Å². The van der Waals surface area contributed by atoms with Gasteiger partial charge in [0.05, 0.1) is 17.9 Å². The highest BCUT2D eigenvalue weighted by Gasteiger charge is 2.27. The Morgan fingerprint density at radius 2 is 1.60 bits per heavy atom. The molecule has 0 saturated carbocycles. The van der Waals surface area contributed by atoms with E-state index in [1.165, 1.54) is 28.6 Å². The molecule has 2 amide bonds. The van der Waals surface area contributed by atoms with Gasteiger partial charge in [0, 0.05) is 18.7 Å². The van der Waals surface area contributed by atoms with Crippen LogP contribution in [0.1, 0.15) is 35.2 Å². The molecular formula is C21H25N3O5S. The third-order valence-corrected chi connectivity index (χ3v) is 6.67. The fourth-order valence-corrected chi connectivity index (χ4v) is 4.53. The largest absolute Gasteiger partial charge is 0.493 e. The molecule has 160 valence electrons. The van der Waals surface area contributed by atoms with Gasteiger partial charge in [0.15, 0.2) is 0 Å². The predicted molar refractivity (Wildman–Crippen MR) is 111 cm³/mol. The van der Waals surface area contributed by atoms with Crippen molar-refractivity contribution in [3.63, 3.8) is 0 Å². The van der Waals surface area contributed by atoms with Gasteiger partial charge in [-0.05, 0) is 56.2 Å². The monoisotopic (exact) mass is 431 g/mol. The number of carbonyl (C=O) groups is 2. The van der Waals surface area contributed by atoms with Gasteiger partial charge in [0.1, 0.15) is 5.75 Å². The number of nitrogens with one attached hydrogen (secondary N) is 2. The first kappa shape index (κ1) is 21.8. The highest BCUT2D eigenvalue weighted by Crippen LogP contribution is 2.21. The molecule has 0 bridgehead atoms. The lowest BCUT2D eigenvalue weighted by Gasteiger charge is -2.15. The normalized spacial score (nSPS) is 14.3. The van der Waals surface area contributed by atoms with Gasteiger partial charge in [0.2, 0.25) is 15.9 Å². The highest BCUT2D eigenvalue weighted by molar-refractivity contribution is 7.89. The molecule has 0 spiro atoms. The van der Waals surface area contributed by atoms with Crippen LogP contribution in [-0.4, -0.2) is 44.2 Å². The summed E-state index contributed by atoms with van der Waals surface area (Å²) in [7, 11) is -3.52. The van der Waals surface area contributed by atoms with Crippen LogP contribution in [0.15, 0.2) is 53.4 Å². The fraction of sp³-hybridized carbons (Fsp3) is 0.333. The second kappa shape index (κ2) is 9.73. The minimum absolute atomic E-state index is 0.0706. The van der Waals surface area contributed by atoms with Crippen LogP contribution in [-0.2, 0) is 14.8 Å². The molecule has 1 aliphatic heterocycles. The molecule has 0 unspecified atom stereocenters. The predicted octanol–water partition coefficient (Wildman–Crippen LogP) is 2.01. The maximum absolute atomic E-state index is 12.5. The molecular weight excluding hydrogens is 406 g/mol. The van der Waals surface area contributed by atoms with E-state index in [1.54, 1.807) is 0 Å². The number of amides is 2. The van der Waals surface area contributed by atoms with Crippen molar-refractivity contribution >= 4 is 21.8 Å². The first-order valence-electron chi connectivity index (χ1n) is 9.75. The second-order valence-electron chi connectivity index (χ2n) is 7.05. The number of carbonyl (C=O) groups excluding carboxylic acids is 2. The fourth-order valence-electron chi connectivity index (χ4n) is 3.01. The van der Waals surface area contributed by atoms with Crippen LogP contribution in [0, 0.1) is 6.92 Å². The zero-order valence-corrected chi connectivity index (χ0v) is 17.6. The summed E-state index contributed by atoms with van der Waals surface area (Å²) >= 11 is 0. The maximum Gasteiger partial charge on any atom is 0.269 e. The van der Waals surface area contributed by atoms with Gasteiger partial charge in [-0.1, -0.05) is 17.7 Å². The lowest BCUT2D eigenvalue weighted by molar-refractivity contribution is -0.122. The number of benzene rings is 2. The molecule has 8 nitrogen and oxygen atoms in total. The van der Waals surface area contributed by atoms with E-state index in [0.29, 0.717) is 18.8 Å². The van der Waals surface area contributed by atoms with Crippen molar-refractivity contribution in [2.24, 2.45) is 0 Å². The van der Waals surface area contributed by atoms with Gasteiger partial charge in [-0.2, -0.15) is 4.31 Å². The Bertz CT molecular complexity index is 982. The number of sulfonamides is 1. The van der Waals surface area contributed by atoms with Gasteiger partial charge < -0.3 is 4.74 Å². The van der Waals surface area contributed by atoms with Crippen molar-refractivity contribution in [3.8, 4) is 5.75 Å². The van der Waals surface area contributed by atoms with Gasteiger partial charge >= 0.3 is 0 Å². The molecule has 1 heterocycles. The van der Waals surface area contributed by atoms with Crippen LogP contribution in [0.5, 0.6) is 5.75 Å². The van der Waals surface area contributed by atoms with E-state index in [9.17, 15) is 18.0 Å². The summed E-state index contributed by atoms with van der Waals surface area (Å²) in [5.74, 6) is -0.266. The van der Waals surface area contributed by atoms with Gasteiger partial charge in [-0.25, -0.2) is 8.42 Å². The average Bonchev–Trinajstić information content (AvgIpc) is 3.29. The van der Waals surface area contributed by atoms with Crippen LogP contribution in [0.2, 0.25) is 0 Å². The third kappa shape index (κ3) is 5.58. The number of rotatable bonds is 7. The highest BCUT2D eigenvalue weighted by atomic mass is 32.2. The lowest BCUT2D eigenvalue weighted by atomic mass is 10.2. The zero-order chi connectivity index (χ0) is 21.6. The average molecular weight is 432 g/mol. The maximum atomic E-state index is 12.5. The van der Waals surface area contributed by atoms with E-state index >= 15 is 0 Å². The minimum atomic E-state index is -3.52. The molecule has 0 radical (unpaired) electrons. The van der Waals surface area contributed by atoms with E-state index < -0.39 is 21.8 Å². The van der Waals surface area contributed by atoms with Crippen molar-refractivity contribution in [1.29, 1.82) is 0 Å². The van der Waals surface area contributed by atoms with Gasteiger partial charge in [-0.15, -0.1) is 0 Å². The number of hydrazine groups is 1. The molecule has 2 aromatic rings. The van der Waals surface area contributed by atoms with E-state index in [-0.39, 0.29) is 23.5 Å². The molecule has 1 fully saturated rings. The topological polar surface area (TPSA) is 105 Å².